The Bertz CT molecular complexity index is 945. The van der Waals surface area contributed by atoms with Gasteiger partial charge in [-0.2, -0.15) is 0 Å². The maximum absolute atomic E-state index is 13.1. The third-order valence-corrected chi connectivity index (χ3v) is 5.08. The molecule has 1 aliphatic heterocycles. The van der Waals surface area contributed by atoms with Crippen LogP contribution in [0, 0.1) is 0 Å². The van der Waals surface area contributed by atoms with Crippen molar-refractivity contribution < 1.29 is 9.59 Å². The molecule has 1 aliphatic rings. The van der Waals surface area contributed by atoms with Crippen LogP contribution in [0.2, 0.25) is 0 Å². The number of aromatic nitrogens is 1. The van der Waals surface area contributed by atoms with Crippen LogP contribution in [0.25, 0.3) is 5.69 Å². The summed E-state index contributed by atoms with van der Waals surface area (Å²) in [4.78, 5) is 27.9. The number of nitrogens with one attached hydrogen (secondary N) is 1. The van der Waals surface area contributed by atoms with E-state index >= 15 is 0 Å². The summed E-state index contributed by atoms with van der Waals surface area (Å²) in [6.07, 6.45) is 5.89. The monoisotopic (exact) mass is 373 g/mol. The fourth-order valence-electron chi connectivity index (χ4n) is 3.58. The Kier molecular flexibility index (Phi) is 5.24. The van der Waals surface area contributed by atoms with E-state index in [9.17, 15) is 9.59 Å². The van der Waals surface area contributed by atoms with Gasteiger partial charge in [0.2, 0.25) is 5.91 Å². The van der Waals surface area contributed by atoms with E-state index in [1.165, 1.54) is 0 Å². The van der Waals surface area contributed by atoms with Gasteiger partial charge in [0, 0.05) is 36.7 Å². The predicted octanol–water partition coefficient (Wildman–Crippen LogP) is 3.57. The molecule has 0 spiro atoms. The van der Waals surface area contributed by atoms with Gasteiger partial charge >= 0.3 is 0 Å². The molecular formula is C23H23N3O2. The van der Waals surface area contributed by atoms with Crippen LogP contribution in [-0.4, -0.2) is 34.4 Å². The molecule has 1 fully saturated rings. The lowest BCUT2D eigenvalue weighted by Crippen LogP contribution is -2.41. The second kappa shape index (κ2) is 8.13. The highest BCUT2D eigenvalue weighted by Gasteiger charge is 2.29. The van der Waals surface area contributed by atoms with Gasteiger partial charge in [0.1, 0.15) is 6.04 Å². The minimum Gasteiger partial charge on any atom is -0.341 e. The second-order valence-electron chi connectivity index (χ2n) is 6.99. The number of rotatable bonds is 5. The van der Waals surface area contributed by atoms with Crippen molar-refractivity contribution in [2.75, 3.05) is 13.1 Å². The zero-order chi connectivity index (χ0) is 19.3. The normalized spacial score (nSPS) is 14.6. The average Bonchev–Trinajstić information content (AvgIpc) is 3.46. The predicted molar refractivity (Wildman–Crippen MR) is 108 cm³/mol. The number of hydrogen-bond donors (Lipinski definition) is 1. The first-order valence-electron chi connectivity index (χ1n) is 9.60. The van der Waals surface area contributed by atoms with E-state index in [1.807, 2.05) is 82.5 Å². The average molecular weight is 373 g/mol. The lowest BCUT2D eigenvalue weighted by atomic mass is 10.0. The van der Waals surface area contributed by atoms with E-state index < -0.39 is 6.04 Å². The lowest BCUT2D eigenvalue weighted by Gasteiger charge is -2.24. The van der Waals surface area contributed by atoms with Crippen molar-refractivity contribution in [2.24, 2.45) is 0 Å². The van der Waals surface area contributed by atoms with Gasteiger partial charge in [0.05, 0.1) is 0 Å². The number of carbonyl (C=O) groups excluding carboxylic acids is 2. The Morgan fingerprint density at radius 2 is 1.57 bits per heavy atom. The standard InChI is InChI=1S/C23H23N3O2/c27-22(19-11-8-12-20(17-19)25-13-4-5-14-25)24-21(18-9-2-1-3-10-18)23(28)26-15-6-7-16-26/h1-5,8-14,17,21H,6-7,15-16H2,(H,24,27)/t21-/m0/s1. The zero-order valence-electron chi connectivity index (χ0n) is 15.6. The molecule has 0 unspecified atom stereocenters. The Morgan fingerprint density at radius 3 is 2.29 bits per heavy atom. The van der Waals surface area contributed by atoms with Gasteiger partial charge in [-0.05, 0) is 48.7 Å². The SMILES string of the molecule is O=C(N[C@H](C(=O)N1CCCC1)c1ccccc1)c1cccc(-n2cccc2)c1. The minimum absolute atomic E-state index is 0.0429. The Labute approximate surface area is 164 Å². The van der Waals surface area contributed by atoms with E-state index in [4.69, 9.17) is 0 Å². The van der Waals surface area contributed by atoms with E-state index in [2.05, 4.69) is 5.32 Å². The van der Waals surface area contributed by atoms with Crippen LogP contribution in [0.5, 0.6) is 0 Å². The van der Waals surface area contributed by atoms with Crippen LogP contribution in [0.1, 0.15) is 34.8 Å². The second-order valence-corrected chi connectivity index (χ2v) is 6.99. The highest BCUT2D eigenvalue weighted by molar-refractivity contribution is 5.98. The fourth-order valence-corrected chi connectivity index (χ4v) is 3.58. The molecule has 2 heterocycles. The van der Waals surface area contributed by atoms with E-state index in [0.717, 1.165) is 37.2 Å². The first-order chi connectivity index (χ1) is 13.7. The molecule has 1 atom stereocenters. The molecule has 4 rings (SSSR count). The van der Waals surface area contributed by atoms with Crippen LogP contribution < -0.4 is 5.32 Å². The lowest BCUT2D eigenvalue weighted by molar-refractivity contribution is -0.132. The van der Waals surface area contributed by atoms with Crippen molar-refractivity contribution in [1.82, 2.24) is 14.8 Å². The molecule has 2 aromatic carbocycles. The van der Waals surface area contributed by atoms with Gasteiger partial charge in [-0.25, -0.2) is 0 Å². The molecule has 1 aromatic heterocycles. The highest BCUT2D eigenvalue weighted by Crippen LogP contribution is 2.20. The van der Waals surface area contributed by atoms with Crippen LogP contribution >= 0.6 is 0 Å². The summed E-state index contributed by atoms with van der Waals surface area (Å²) in [5, 5.41) is 2.96. The number of likely N-dealkylation sites (tertiary alicyclic amines) is 1. The van der Waals surface area contributed by atoms with Crippen LogP contribution in [0.3, 0.4) is 0 Å². The molecule has 5 heteroatoms. The molecule has 1 N–H and O–H groups in total. The fraction of sp³-hybridized carbons (Fsp3) is 0.217. The summed E-state index contributed by atoms with van der Waals surface area (Å²) in [5.41, 5.74) is 2.23. The van der Waals surface area contributed by atoms with Crippen molar-refractivity contribution in [3.8, 4) is 5.69 Å². The Morgan fingerprint density at radius 1 is 0.857 bits per heavy atom. The van der Waals surface area contributed by atoms with Crippen LogP contribution in [-0.2, 0) is 4.79 Å². The van der Waals surface area contributed by atoms with Crippen molar-refractivity contribution in [3.63, 3.8) is 0 Å². The largest absolute Gasteiger partial charge is 0.341 e. The van der Waals surface area contributed by atoms with Gasteiger partial charge < -0.3 is 14.8 Å². The molecular weight excluding hydrogens is 350 g/mol. The van der Waals surface area contributed by atoms with Gasteiger partial charge in [0.15, 0.2) is 0 Å². The summed E-state index contributed by atoms with van der Waals surface area (Å²) in [7, 11) is 0. The van der Waals surface area contributed by atoms with Crippen LogP contribution in [0.15, 0.2) is 79.1 Å². The van der Waals surface area contributed by atoms with Gasteiger partial charge in [-0.15, -0.1) is 0 Å². The molecule has 5 nitrogen and oxygen atoms in total. The van der Waals surface area contributed by atoms with Crippen LogP contribution in [0.4, 0.5) is 0 Å². The summed E-state index contributed by atoms with van der Waals surface area (Å²) in [5.74, 6) is -0.297. The minimum atomic E-state index is -0.679. The topological polar surface area (TPSA) is 54.3 Å². The molecule has 142 valence electrons. The smallest absolute Gasteiger partial charge is 0.252 e. The first kappa shape index (κ1) is 18.0. The maximum Gasteiger partial charge on any atom is 0.252 e. The molecule has 0 bridgehead atoms. The number of benzene rings is 2. The van der Waals surface area contributed by atoms with Crippen molar-refractivity contribution >= 4 is 11.8 Å². The quantitative estimate of drug-likeness (QED) is 0.743. The molecule has 3 aromatic rings. The summed E-state index contributed by atoms with van der Waals surface area (Å²) in [6, 6.07) is 20.0. The number of amides is 2. The Balaban J connectivity index is 1.59. The van der Waals surface area contributed by atoms with Crippen molar-refractivity contribution in [1.29, 1.82) is 0 Å². The Hall–Kier alpha value is -3.34. The number of carbonyl (C=O) groups is 2. The van der Waals surface area contributed by atoms with Crippen molar-refractivity contribution in [2.45, 2.75) is 18.9 Å². The third kappa shape index (κ3) is 3.83. The van der Waals surface area contributed by atoms with Gasteiger partial charge in [-0.1, -0.05) is 36.4 Å². The van der Waals surface area contributed by atoms with Crippen molar-refractivity contribution in [3.05, 3.63) is 90.3 Å². The van der Waals surface area contributed by atoms with E-state index in [1.54, 1.807) is 6.07 Å². The maximum atomic E-state index is 13.1. The van der Waals surface area contributed by atoms with E-state index in [0.29, 0.717) is 5.56 Å². The number of nitrogens with zero attached hydrogens (tertiary/aromatic N) is 2. The molecule has 0 radical (unpaired) electrons. The zero-order valence-corrected chi connectivity index (χ0v) is 15.6. The first-order valence-corrected chi connectivity index (χ1v) is 9.60. The summed E-state index contributed by atoms with van der Waals surface area (Å²) >= 11 is 0. The molecule has 28 heavy (non-hydrogen) atoms. The number of hydrogen-bond acceptors (Lipinski definition) is 2. The highest BCUT2D eigenvalue weighted by atomic mass is 16.2. The molecule has 0 aliphatic carbocycles. The summed E-state index contributed by atoms with van der Waals surface area (Å²) in [6.45, 7) is 1.50. The molecule has 0 saturated carbocycles. The third-order valence-electron chi connectivity index (χ3n) is 5.08. The molecule has 1 saturated heterocycles. The van der Waals surface area contributed by atoms with E-state index in [-0.39, 0.29) is 11.8 Å². The van der Waals surface area contributed by atoms with Gasteiger partial charge in [-0.3, -0.25) is 9.59 Å². The summed E-state index contributed by atoms with van der Waals surface area (Å²) < 4.78 is 1.95. The molecule has 2 amide bonds. The van der Waals surface area contributed by atoms with Gasteiger partial charge in [0.25, 0.3) is 5.91 Å².